The summed E-state index contributed by atoms with van der Waals surface area (Å²) in [4.78, 5) is 21.1. The third kappa shape index (κ3) is 2.48. The van der Waals surface area contributed by atoms with Crippen LogP contribution in [0.5, 0.6) is 0 Å². The summed E-state index contributed by atoms with van der Waals surface area (Å²) in [5, 5.41) is 14.0. The molecule has 1 atom stereocenters. The number of ether oxygens (including phenoxy) is 1. The van der Waals surface area contributed by atoms with Crippen molar-refractivity contribution in [3.63, 3.8) is 0 Å². The van der Waals surface area contributed by atoms with Crippen LogP contribution in [0, 0.1) is 10.1 Å². The molecular weight excluding hydrogens is 238 g/mol. The zero-order chi connectivity index (χ0) is 12.3. The van der Waals surface area contributed by atoms with E-state index in [-0.39, 0.29) is 11.6 Å². The number of nitrogens with zero attached hydrogens (tertiary/aromatic N) is 3. The number of carbonyl (C=O) groups is 1. The summed E-state index contributed by atoms with van der Waals surface area (Å²) in [7, 11) is 0. The lowest BCUT2D eigenvalue weighted by molar-refractivity contribution is -0.389. The minimum Gasteiger partial charge on any atom is -0.464 e. The maximum atomic E-state index is 11.3. The highest BCUT2D eigenvalue weighted by molar-refractivity contribution is 6.32. The normalized spacial score (nSPS) is 12.2. The van der Waals surface area contributed by atoms with Crippen molar-refractivity contribution >= 4 is 23.4 Å². The molecule has 1 heterocycles. The van der Waals surface area contributed by atoms with Gasteiger partial charge in [0.05, 0.1) is 17.9 Å². The Labute approximate surface area is 96.1 Å². The molecule has 0 fully saturated rings. The van der Waals surface area contributed by atoms with Crippen LogP contribution in [0.1, 0.15) is 19.9 Å². The van der Waals surface area contributed by atoms with Crippen LogP contribution >= 0.6 is 11.6 Å². The minimum absolute atomic E-state index is 0.110. The number of hydrogen-bond acceptors (Lipinski definition) is 5. The average Bonchev–Trinajstić information content (AvgIpc) is 2.59. The Morgan fingerprint density at radius 1 is 1.81 bits per heavy atom. The van der Waals surface area contributed by atoms with Crippen LogP contribution in [0.3, 0.4) is 0 Å². The highest BCUT2D eigenvalue weighted by atomic mass is 35.5. The maximum absolute atomic E-state index is 11.3. The first-order valence-corrected chi connectivity index (χ1v) is 4.90. The number of halogens is 1. The lowest BCUT2D eigenvalue weighted by Gasteiger charge is -2.06. The second-order valence-electron chi connectivity index (χ2n) is 2.97. The lowest BCUT2D eigenvalue weighted by atomic mass is 10.3. The second kappa shape index (κ2) is 4.93. The van der Waals surface area contributed by atoms with Gasteiger partial charge < -0.3 is 14.9 Å². The van der Waals surface area contributed by atoms with Crippen LogP contribution < -0.4 is 0 Å². The van der Waals surface area contributed by atoms with Crippen molar-refractivity contribution in [3.05, 3.63) is 21.3 Å². The molecule has 0 bridgehead atoms. The molecule has 0 spiro atoms. The summed E-state index contributed by atoms with van der Waals surface area (Å²) in [6, 6.07) is -0.744. The summed E-state index contributed by atoms with van der Waals surface area (Å²) in [6.07, 6.45) is 1.22. The van der Waals surface area contributed by atoms with Gasteiger partial charge in [0, 0.05) is 0 Å². The fourth-order valence-electron chi connectivity index (χ4n) is 1.05. The van der Waals surface area contributed by atoms with E-state index in [1.165, 1.54) is 13.1 Å². The molecule has 0 aromatic carbocycles. The van der Waals surface area contributed by atoms with Crippen molar-refractivity contribution in [3.8, 4) is 0 Å². The molecule has 1 rings (SSSR count). The Morgan fingerprint density at radius 3 is 2.88 bits per heavy atom. The van der Waals surface area contributed by atoms with Crippen LogP contribution in [0.25, 0.3) is 0 Å². The van der Waals surface area contributed by atoms with E-state index in [4.69, 9.17) is 16.3 Å². The first-order valence-electron chi connectivity index (χ1n) is 4.53. The predicted molar refractivity (Wildman–Crippen MR) is 55.2 cm³/mol. The zero-order valence-corrected chi connectivity index (χ0v) is 9.47. The SMILES string of the molecule is CCOC(=O)C(C)n1cc(Cl)c([N+](=O)[O-])n1. The monoisotopic (exact) mass is 247 g/mol. The van der Waals surface area contributed by atoms with Crippen molar-refractivity contribution in [2.75, 3.05) is 6.61 Å². The Balaban J connectivity index is 2.92. The van der Waals surface area contributed by atoms with Gasteiger partial charge in [-0.25, -0.2) is 4.79 Å². The van der Waals surface area contributed by atoms with Gasteiger partial charge in [-0.1, -0.05) is 11.6 Å². The summed E-state index contributed by atoms with van der Waals surface area (Å²) in [5.74, 6) is -0.991. The van der Waals surface area contributed by atoms with Gasteiger partial charge in [0.25, 0.3) is 0 Å². The third-order valence-electron chi connectivity index (χ3n) is 1.87. The first-order chi connectivity index (χ1) is 7.47. The molecule has 0 N–H and O–H groups in total. The molecule has 0 radical (unpaired) electrons. The van der Waals surface area contributed by atoms with E-state index < -0.39 is 22.8 Å². The van der Waals surface area contributed by atoms with Crippen LogP contribution in [0.4, 0.5) is 5.82 Å². The average molecular weight is 248 g/mol. The van der Waals surface area contributed by atoms with Gasteiger partial charge in [0.2, 0.25) is 0 Å². The third-order valence-corrected chi connectivity index (χ3v) is 2.13. The number of carbonyl (C=O) groups excluding carboxylic acids is 1. The van der Waals surface area contributed by atoms with E-state index in [1.54, 1.807) is 6.92 Å². The van der Waals surface area contributed by atoms with Crippen LogP contribution in [-0.4, -0.2) is 27.3 Å². The molecule has 0 aliphatic carbocycles. The van der Waals surface area contributed by atoms with E-state index in [0.717, 1.165) is 4.68 Å². The molecule has 0 saturated carbocycles. The summed E-state index contributed by atoms with van der Waals surface area (Å²) >= 11 is 5.59. The topological polar surface area (TPSA) is 87.3 Å². The smallest absolute Gasteiger partial charge is 0.408 e. The summed E-state index contributed by atoms with van der Waals surface area (Å²) in [6.45, 7) is 3.43. The van der Waals surface area contributed by atoms with Crippen molar-refractivity contribution in [2.45, 2.75) is 19.9 Å². The van der Waals surface area contributed by atoms with Gasteiger partial charge in [-0.3, -0.25) is 0 Å². The molecule has 16 heavy (non-hydrogen) atoms. The van der Waals surface area contributed by atoms with E-state index >= 15 is 0 Å². The summed E-state index contributed by atoms with van der Waals surface area (Å²) < 4.78 is 5.86. The van der Waals surface area contributed by atoms with Gasteiger partial charge in [-0.2, -0.15) is 4.68 Å². The predicted octanol–water partition coefficient (Wildman–Crippen LogP) is 1.57. The zero-order valence-electron chi connectivity index (χ0n) is 8.71. The van der Waals surface area contributed by atoms with Crippen LogP contribution in [0.15, 0.2) is 6.20 Å². The summed E-state index contributed by atoms with van der Waals surface area (Å²) in [5.41, 5.74) is 0. The van der Waals surface area contributed by atoms with E-state index in [0.29, 0.717) is 0 Å². The molecule has 88 valence electrons. The Hall–Kier alpha value is -1.63. The Bertz CT molecular complexity index is 417. The van der Waals surface area contributed by atoms with Gasteiger partial charge in [0.1, 0.15) is 0 Å². The van der Waals surface area contributed by atoms with E-state index in [9.17, 15) is 14.9 Å². The molecule has 0 aliphatic rings. The maximum Gasteiger partial charge on any atom is 0.408 e. The first kappa shape index (κ1) is 12.4. The number of nitro groups is 1. The minimum atomic E-state index is -0.744. The number of rotatable bonds is 4. The van der Waals surface area contributed by atoms with E-state index in [1.807, 2.05) is 0 Å². The van der Waals surface area contributed by atoms with Gasteiger partial charge >= 0.3 is 11.8 Å². The van der Waals surface area contributed by atoms with E-state index in [2.05, 4.69) is 5.10 Å². The highest BCUT2D eigenvalue weighted by Crippen LogP contribution is 2.23. The van der Waals surface area contributed by atoms with Gasteiger partial charge in [-0.05, 0) is 18.8 Å². The van der Waals surface area contributed by atoms with Crippen molar-refractivity contribution in [1.29, 1.82) is 0 Å². The lowest BCUT2D eigenvalue weighted by Crippen LogP contribution is -2.19. The van der Waals surface area contributed by atoms with Crippen LogP contribution in [-0.2, 0) is 9.53 Å². The van der Waals surface area contributed by atoms with Gasteiger partial charge in [-0.15, -0.1) is 0 Å². The molecule has 0 amide bonds. The quantitative estimate of drug-likeness (QED) is 0.458. The Morgan fingerprint density at radius 2 is 2.44 bits per heavy atom. The molecule has 8 heteroatoms. The van der Waals surface area contributed by atoms with Crippen molar-refractivity contribution < 1.29 is 14.5 Å². The number of esters is 1. The molecule has 1 unspecified atom stereocenters. The molecule has 7 nitrogen and oxygen atoms in total. The molecule has 1 aromatic heterocycles. The van der Waals surface area contributed by atoms with Gasteiger partial charge in [0.15, 0.2) is 11.1 Å². The largest absolute Gasteiger partial charge is 0.464 e. The molecular formula is C8H10ClN3O4. The molecule has 1 aromatic rings. The van der Waals surface area contributed by atoms with Crippen molar-refractivity contribution in [1.82, 2.24) is 9.78 Å². The fourth-order valence-corrected chi connectivity index (χ4v) is 1.26. The van der Waals surface area contributed by atoms with Crippen molar-refractivity contribution in [2.24, 2.45) is 0 Å². The highest BCUT2D eigenvalue weighted by Gasteiger charge is 2.26. The number of hydrogen-bond donors (Lipinski definition) is 0. The molecule has 0 aliphatic heterocycles. The molecule has 0 saturated heterocycles. The standard InChI is InChI=1S/C8H10ClN3O4/c1-3-16-8(13)5(2)11-4-6(9)7(10-11)12(14)15/h4-5H,3H2,1-2H3. The Kier molecular flexibility index (Phi) is 3.83. The van der Waals surface area contributed by atoms with Crippen LogP contribution in [0.2, 0.25) is 5.02 Å². The second-order valence-corrected chi connectivity index (χ2v) is 3.37. The number of aromatic nitrogens is 2. The fraction of sp³-hybridized carbons (Fsp3) is 0.500.